The first-order valence-electron chi connectivity index (χ1n) is 4.70. The van der Waals surface area contributed by atoms with Gasteiger partial charge in [-0.05, 0) is 31.9 Å². The third-order valence-corrected chi connectivity index (χ3v) is 3.59. The molecule has 0 bridgehead atoms. The summed E-state index contributed by atoms with van der Waals surface area (Å²) in [5, 5.41) is 1.74. The second kappa shape index (κ2) is 6.00. The first kappa shape index (κ1) is 16.1. The first-order valence-corrected chi connectivity index (χ1v) is 6.29. The Morgan fingerprint density at radius 1 is 1.21 bits per heavy atom. The minimum atomic E-state index is -4.98. The van der Waals surface area contributed by atoms with E-state index in [4.69, 9.17) is 9.47 Å². The lowest BCUT2D eigenvalue weighted by atomic mass is 10.2. The summed E-state index contributed by atoms with van der Waals surface area (Å²) in [6, 6.07) is 1.24. The molecule has 0 spiro atoms. The van der Waals surface area contributed by atoms with E-state index in [2.05, 4.69) is 31.9 Å². The molecule has 1 aromatic rings. The van der Waals surface area contributed by atoms with Gasteiger partial charge in [0.2, 0.25) is 0 Å². The highest BCUT2D eigenvalue weighted by Gasteiger charge is 2.39. The van der Waals surface area contributed by atoms with Crippen LogP contribution in [0.2, 0.25) is 0 Å². The standard InChI is InChI=1S/C10H8Br2F3NO3/c1-18-5-3-4(16-9(17)10(13,14)15)6(11)8(19-2)7(5)12/h3H,1-2H3,(H,16,17). The van der Waals surface area contributed by atoms with Crippen LogP contribution in [0.5, 0.6) is 11.5 Å². The van der Waals surface area contributed by atoms with Crippen LogP contribution in [0.1, 0.15) is 0 Å². The number of nitrogens with one attached hydrogen (secondary N) is 1. The molecule has 0 aliphatic carbocycles. The van der Waals surface area contributed by atoms with E-state index in [-0.39, 0.29) is 21.7 Å². The number of hydrogen-bond donors (Lipinski definition) is 1. The van der Waals surface area contributed by atoms with Crippen molar-refractivity contribution in [3.63, 3.8) is 0 Å². The quantitative estimate of drug-likeness (QED) is 0.831. The van der Waals surface area contributed by atoms with E-state index >= 15 is 0 Å². The monoisotopic (exact) mass is 405 g/mol. The van der Waals surface area contributed by atoms with Crippen molar-refractivity contribution in [3.05, 3.63) is 15.0 Å². The van der Waals surface area contributed by atoms with E-state index in [0.717, 1.165) is 0 Å². The minimum absolute atomic E-state index is 0.112. The van der Waals surface area contributed by atoms with Crippen LogP contribution in [-0.2, 0) is 4.79 Å². The van der Waals surface area contributed by atoms with Gasteiger partial charge in [-0.15, -0.1) is 0 Å². The summed E-state index contributed by atoms with van der Waals surface area (Å²) in [7, 11) is 2.67. The van der Waals surface area contributed by atoms with Crippen molar-refractivity contribution in [2.45, 2.75) is 6.18 Å². The van der Waals surface area contributed by atoms with E-state index in [1.807, 2.05) is 0 Å². The molecule has 0 heterocycles. The van der Waals surface area contributed by atoms with E-state index in [9.17, 15) is 18.0 Å². The van der Waals surface area contributed by atoms with Crippen molar-refractivity contribution < 1.29 is 27.4 Å². The lowest BCUT2D eigenvalue weighted by Crippen LogP contribution is -2.30. The number of benzene rings is 1. The smallest absolute Gasteiger partial charge is 0.471 e. The molecule has 4 nitrogen and oxygen atoms in total. The van der Waals surface area contributed by atoms with Crippen molar-refractivity contribution >= 4 is 43.5 Å². The molecule has 1 aromatic carbocycles. The summed E-state index contributed by atoms with van der Waals surface area (Å²) in [6.07, 6.45) is -4.98. The average molecular weight is 407 g/mol. The van der Waals surface area contributed by atoms with Gasteiger partial charge in [-0.2, -0.15) is 13.2 Å². The molecular formula is C10H8Br2F3NO3. The number of rotatable bonds is 3. The predicted molar refractivity (Wildman–Crippen MR) is 69.6 cm³/mol. The van der Waals surface area contributed by atoms with Gasteiger partial charge < -0.3 is 14.8 Å². The molecule has 0 saturated carbocycles. The maximum atomic E-state index is 12.2. The molecule has 0 aliphatic heterocycles. The maximum absolute atomic E-state index is 12.2. The van der Waals surface area contributed by atoms with Gasteiger partial charge >= 0.3 is 12.1 Å². The minimum Gasteiger partial charge on any atom is -0.495 e. The maximum Gasteiger partial charge on any atom is 0.471 e. The number of ether oxygens (including phenoxy) is 2. The number of methoxy groups -OCH3 is 2. The molecule has 0 radical (unpaired) electrons. The Kier molecular flexibility index (Phi) is 5.08. The normalized spacial score (nSPS) is 11.1. The van der Waals surface area contributed by atoms with Crippen LogP contribution in [0, 0.1) is 0 Å². The van der Waals surface area contributed by atoms with Crippen molar-refractivity contribution in [1.29, 1.82) is 0 Å². The Bertz CT molecular complexity index is 506. The summed E-state index contributed by atoms with van der Waals surface area (Å²) < 4.78 is 47.2. The first-order chi connectivity index (χ1) is 8.72. The molecule has 0 aromatic heterocycles. The van der Waals surface area contributed by atoms with Gasteiger partial charge in [0.1, 0.15) is 10.2 Å². The number of carbonyl (C=O) groups is 1. The largest absolute Gasteiger partial charge is 0.495 e. The zero-order valence-corrected chi connectivity index (χ0v) is 12.9. The van der Waals surface area contributed by atoms with Crippen molar-refractivity contribution in [3.8, 4) is 11.5 Å². The zero-order chi connectivity index (χ0) is 14.8. The fraction of sp³-hybridized carbons (Fsp3) is 0.300. The van der Waals surface area contributed by atoms with E-state index < -0.39 is 12.1 Å². The number of alkyl halides is 3. The fourth-order valence-electron chi connectivity index (χ4n) is 1.20. The Morgan fingerprint density at radius 3 is 2.21 bits per heavy atom. The Balaban J connectivity index is 3.25. The summed E-state index contributed by atoms with van der Waals surface area (Å²) in [6.45, 7) is 0. The molecule has 19 heavy (non-hydrogen) atoms. The van der Waals surface area contributed by atoms with Crippen LogP contribution in [0.4, 0.5) is 18.9 Å². The van der Waals surface area contributed by atoms with Gasteiger partial charge in [-0.25, -0.2) is 0 Å². The second-order valence-corrected chi connectivity index (χ2v) is 4.83. The molecule has 1 N–H and O–H groups in total. The summed E-state index contributed by atoms with van der Waals surface area (Å²) in [5.41, 5.74) is -0.112. The van der Waals surface area contributed by atoms with Crippen molar-refractivity contribution in [1.82, 2.24) is 0 Å². The van der Waals surface area contributed by atoms with Crippen LogP contribution in [0.3, 0.4) is 0 Å². The van der Waals surface area contributed by atoms with Crippen LogP contribution in [0.25, 0.3) is 0 Å². The van der Waals surface area contributed by atoms with E-state index in [1.54, 1.807) is 5.32 Å². The molecular weight excluding hydrogens is 399 g/mol. The predicted octanol–water partition coefficient (Wildman–Crippen LogP) is 3.73. The number of amides is 1. The summed E-state index contributed by atoms with van der Waals surface area (Å²) in [5.74, 6) is -1.66. The average Bonchev–Trinajstić information content (AvgIpc) is 2.32. The molecule has 1 rings (SSSR count). The Morgan fingerprint density at radius 2 is 1.79 bits per heavy atom. The lowest BCUT2D eigenvalue weighted by molar-refractivity contribution is -0.167. The molecule has 0 unspecified atom stereocenters. The zero-order valence-electron chi connectivity index (χ0n) is 9.69. The van der Waals surface area contributed by atoms with Gasteiger partial charge in [0.25, 0.3) is 0 Å². The highest BCUT2D eigenvalue weighted by atomic mass is 79.9. The number of hydrogen-bond acceptors (Lipinski definition) is 3. The van der Waals surface area contributed by atoms with Crippen LogP contribution in [0.15, 0.2) is 15.0 Å². The van der Waals surface area contributed by atoms with Gasteiger partial charge in [-0.1, -0.05) is 0 Å². The molecule has 106 valence electrons. The molecule has 0 atom stereocenters. The van der Waals surface area contributed by atoms with Crippen LogP contribution >= 0.6 is 31.9 Å². The topological polar surface area (TPSA) is 47.6 Å². The van der Waals surface area contributed by atoms with Gasteiger partial charge in [0.05, 0.1) is 24.4 Å². The molecule has 0 aliphatic rings. The molecule has 0 fully saturated rings. The van der Waals surface area contributed by atoms with E-state index in [1.165, 1.54) is 20.3 Å². The third kappa shape index (κ3) is 3.53. The number of anilines is 1. The van der Waals surface area contributed by atoms with E-state index in [0.29, 0.717) is 4.47 Å². The highest BCUT2D eigenvalue weighted by Crippen LogP contribution is 2.45. The number of carbonyl (C=O) groups excluding carboxylic acids is 1. The highest BCUT2D eigenvalue weighted by molar-refractivity contribution is 9.11. The van der Waals surface area contributed by atoms with Crippen LogP contribution in [-0.4, -0.2) is 26.3 Å². The molecule has 1 amide bonds. The Labute approximate surface area is 123 Å². The summed E-state index contributed by atoms with van der Waals surface area (Å²) in [4.78, 5) is 10.9. The van der Waals surface area contributed by atoms with Crippen molar-refractivity contribution in [2.24, 2.45) is 0 Å². The lowest BCUT2D eigenvalue weighted by Gasteiger charge is -2.15. The van der Waals surface area contributed by atoms with Crippen molar-refractivity contribution in [2.75, 3.05) is 19.5 Å². The summed E-state index contributed by atoms with van der Waals surface area (Å²) >= 11 is 6.24. The SMILES string of the molecule is COc1cc(NC(=O)C(F)(F)F)c(Br)c(OC)c1Br. The van der Waals surface area contributed by atoms with Crippen LogP contribution < -0.4 is 14.8 Å². The third-order valence-electron chi connectivity index (χ3n) is 2.06. The Hall–Kier alpha value is -0.960. The fourth-order valence-corrected chi connectivity index (χ4v) is 2.68. The van der Waals surface area contributed by atoms with Gasteiger partial charge in [0, 0.05) is 6.07 Å². The molecule has 9 heteroatoms. The molecule has 0 saturated heterocycles. The number of halogens is 5. The van der Waals surface area contributed by atoms with Gasteiger partial charge in [-0.3, -0.25) is 4.79 Å². The van der Waals surface area contributed by atoms with Gasteiger partial charge in [0.15, 0.2) is 5.75 Å². The second-order valence-electron chi connectivity index (χ2n) is 3.24.